The molecule has 0 aliphatic carbocycles. The average molecular weight is 415 g/mol. The average Bonchev–Trinajstić information content (AvgIpc) is 3.36. The first-order chi connectivity index (χ1) is 14.5. The maximum absolute atomic E-state index is 12.6. The summed E-state index contributed by atoms with van der Waals surface area (Å²) in [4.78, 5) is 12.6. The molecular weight excluding hydrogens is 386 g/mol. The highest BCUT2D eigenvalue weighted by Gasteiger charge is 2.19. The molecule has 2 aromatic rings. The molecule has 0 unspecified atom stereocenters. The molecule has 1 aromatic carbocycles. The van der Waals surface area contributed by atoms with Crippen molar-refractivity contribution in [2.24, 2.45) is 5.10 Å². The standard InChI is InChI=1S/C22H29N3O5/c1-14-9-17(15(2)25(14)13-18-7-6-8-30-18)12-23-24-22(26)16-10-19(27-3)21(29-5)20(11-16)28-4/h9-12,18H,6-8,13H2,1-5H3,(H,24,26)/b23-12-/t18-/m0/s1. The molecule has 8 nitrogen and oxygen atoms in total. The maximum Gasteiger partial charge on any atom is 0.271 e. The van der Waals surface area contributed by atoms with Crippen molar-refractivity contribution in [2.75, 3.05) is 27.9 Å². The van der Waals surface area contributed by atoms with Crippen LogP contribution in [0.3, 0.4) is 0 Å². The summed E-state index contributed by atoms with van der Waals surface area (Å²) in [7, 11) is 4.52. The number of carbonyl (C=O) groups excluding carboxylic acids is 1. The number of rotatable bonds is 8. The fourth-order valence-corrected chi connectivity index (χ4v) is 3.67. The summed E-state index contributed by atoms with van der Waals surface area (Å²) in [6, 6.07) is 5.22. The number of hydrogen-bond acceptors (Lipinski definition) is 6. The van der Waals surface area contributed by atoms with Gasteiger partial charge in [-0.3, -0.25) is 4.79 Å². The molecule has 1 N–H and O–H groups in total. The van der Waals surface area contributed by atoms with Gasteiger partial charge in [0, 0.05) is 35.7 Å². The SMILES string of the molecule is COc1cc(C(=O)N/N=C\c2cc(C)n(C[C@@H]3CCCO3)c2C)cc(OC)c1OC. The first kappa shape index (κ1) is 21.7. The third-order valence-electron chi connectivity index (χ3n) is 5.32. The van der Waals surface area contributed by atoms with Gasteiger partial charge >= 0.3 is 0 Å². The molecule has 1 fully saturated rings. The molecular formula is C22H29N3O5. The Bertz CT molecular complexity index is 904. The van der Waals surface area contributed by atoms with Crippen molar-refractivity contribution >= 4 is 12.1 Å². The minimum absolute atomic E-state index is 0.263. The number of aromatic nitrogens is 1. The third-order valence-corrected chi connectivity index (χ3v) is 5.32. The van der Waals surface area contributed by atoms with E-state index >= 15 is 0 Å². The Kier molecular flexibility index (Phi) is 6.99. The van der Waals surface area contributed by atoms with Gasteiger partial charge in [0.2, 0.25) is 5.75 Å². The van der Waals surface area contributed by atoms with Crippen molar-refractivity contribution in [1.29, 1.82) is 0 Å². The number of amides is 1. The molecule has 162 valence electrons. The number of nitrogens with one attached hydrogen (secondary N) is 1. The van der Waals surface area contributed by atoms with Crippen LogP contribution in [0.2, 0.25) is 0 Å². The van der Waals surface area contributed by atoms with Crippen LogP contribution < -0.4 is 19.6 Å². The lowest BCUT2D eigenvalue weighted by Gasteiger charge is -2.14. The number of hydrogen-bond donors (Lipinski definition) is 1. The Hall–Kier alpha value is -3.00. The molecule has 1 saturated heterocycles. The van der Waals surface area contributed by atoms with E-state index in [2.05, 4.69) is 28.1 Å². The number of aryl methyl sites for hydroxylation is 1. The predicted octanol–water partition coefficient (Wildman–Crippen LogP) is 3.07. The van der Waals surface area contributed by atoms with E-state index in [4.69, 9.17) is 18.9 Å². The van der Waals surface area contributed by atoms with E-state index < -0.39 is 0 Å². The second-order valence-electron chi connectivity index (χ2n) is 7.19. The second-order valence-corrected chi connectivity index (χ2v) is 7.19. The lowest BCUT2D eigenvalue weighted by molar-refractivity contribution is 0.0953. The minimum Gasteiger partial charge on any atom is -0.493 e. The summed E-state index contributed by atoms with van der Waals surface area (Å²) in [6.07, 6.45) is 4.13. The van der Waals surface area contributed by atoms with Crippen LogP contribution in [0.1, 0.15) is 40.2 Å². The molecule has 8 heteroatoms. The molecule has 3 rings (SSSR count). The van der Waals surface area contributed by atoms with Gasteiger partial charge in [-0.1, -0.05) is 0 Å². The summed E-state index contributed by atoms with van der Waals surface area (Å²) in [6.45, 7) is 5.78. The fraction of sp³-hybridized carbons (Fsp3) is 0.455. The first-order valence-electron chi connectivity index (χ1n) is 9.90. The normalized spacial score (nSPS) is 16.1. The Morgan fingerprint density at radius 2 is 1.90 bits per heavy atom. The zero-order valence-corrected chi connectivity index (χ0v) is 18.2. The van der Waals surface area contributed by atoms with Crippen molar-refractivity contribution < 1.29 is 23.7 Å². The Labute approximate surface area is 176 Å². The van der Waals surface area contributed by atoms with E-state index in [0.717, 1.165) is 42.9 Å². The first-order valence-corrected chi connectivity index (χ1v) is 9.90. The van der Waals surface area contributed by atoms with Crippen molar-refractivity contribution in [3.8, 4) is 17.2 Å². The fourth-order valence-electron chi connectivity index (χ4n) is 3.67. The lowest BCUT2D eigenvalue weighted by Crippen LogP contribution is -2.18. The summed E-state index contributed by atoms with van der Waals surface area (Å²) in [5.74, 6) is 0.865. The van der Waals surface area contributed by atoms with Gasteiger partial charge in [-0.05, 0) is 44.9 Å². The van der Waals surface area contributed by atoms with E-state index in [1.54, 1.807) is 18.3 Å². The van der Waals surface area contributed by atoms with Crippen LogP contribution in [-0.2, 0) is 11.3 Å². The van der Waals surface area contributed by atoms with Gasteiger partial charge in [0.15, 0.2) is 11.5 Å². The van der Waals surface area contributed by atoms with Crippen molar-refractivity contribution in [1.82, 2.24) is 9.99 Å². The zero-order valence-electron chi connectivity index (χ0n) is 18.2. The monoisotopic (exact) mass is 415 g/mol. The highest BCUT2D eigenvalue weighted by atomic mass is 16.5. The summed E-state index contributed by atoms with van der Waals surface area (Å²) < 4.78 is 23.9. The number of benzene rings is 1. The van der Waals surface area contributed by atoms with Gasteiger partial charge < -0.3 is 23.5 Å². The third kappa shape index (κ3) is 4.59. The van der Waals surface area contributed by atoms with Crippen LogP contribution >= 0.6 is 0 Å². The van der Waals surface area contributed by atoms with E-state index in [-0.39, 0.29) is 12.0 Å². The van der Waals surface area contributed by atoms with Crippen molar-refractivity contribution in [2.45, 2.75) is 39.3 Å². The van der Waals surface area contributed by atoms with Gasteiger partial charge in [0.25, 0.3) is 5.91 Å². The summed E-state index contributed by atoms with van der Waals surface area (Å²) >= 11 is 0. The van der Waals surface area contributed by atoms with Crippen molar-refractivity contribution in [3.63, 3.8) is 0 Å². The molecule has 0 saturated carbocycles. The van der Waals surface area contributed by atoms with Crippen molar-refractivity contribution in [3.05, 3.63) is 40.7 Å². The number of hydrazone groups is 1. The van der Waals surface area contributed by atoms with Gasteiger partial charge in [-0.25, -0.2) is 5.43 Å². The highest BCUT2D eigenvalue weighted by Crippen LogP contribution is 2.38. The van der Waals surface area contributed by atoms with E-state index in [1.807, 2.05) is 6.92 Å². The molecule has 1 aliphatic rings. The summed E-state index contributed by atoms with van der Waals surface area (Å²) in [5.41, 5.74) is 6.10. The van der Waals surface area contributed by atoms with Crippen LogP contribution in [0.4, 0.5) is 0 Å². The van der Waals surface area contributed by atoms with E-state index in [9.17, 15) is 4.79 Å². The quantitative estimate of drug-likeness (QED) is 0.529. The Morgan fingerprint density at radius 3 is 2.47 bits per heavy atom. The van der Waals surface area contributed by atoms with Crippen LogP contribution in [0.15, 0.2) is 23.3 Å². The van der Waals surface area contributed by atoms with Gasteiger partial charge in [0.1, 0.15) is 0 Å². The maximum atomic E-state index is 12.6. The topological polar surface area (TPSA) is 83.3 Å². The van der Waals surface area contributed by atoms with Crippen LogP contribution in [-0.4, -0.2) is 50.7 Å². The number of nitrogens with zero attached hydrogens (tertiary/aromatic N) is 2. The molecule has 0 radical (unpaired) electrons. The van der Waals surface area contributed by atoms with Crippen LogP contribution in [0.25, 0.3) is 0 Å². The van der Waals surface area contributed by atoms with Crippen LogP contribution in [0, 0.1) is 13.8 Å². The highest BCUT2D eigenvalue weighted by molar-refractivity contribution is 5.96. The van der Waals surface area contributed by atoms with Gasteiger partial charge in [-0.2, -0.15) is 5.10 Å². The number of ether oxygens (including phenoxy) is 4. The molecule has 1 aromatic heterocycles. The van der Waals surface area contributed by atoms with Gasteiger partial charge in [-0.15, -0.1) is 0 Å². The second kappa shape index (κ2) is 9.67. The molecule has 1 amide bonds. The molecule has 0 spiro atoms. The summed E-state index contributed by atoms with van der Waals surface area (Å²) in [5, 5.41) is 4.14. The molecule has 0 bridgehead atoms. The molecule has 2 heterocycles. The Morgan fingerprint density at radius 1 is 1.20 bits per heavy atom. The molecule has 1 aliphatic heterocycles. The zero-order chi connectivity index (χ0) is 21.7. The predicted molar refractivity (Wildman–Crippen MR) is 114 cm³/mol. The smallest absolute Gasteiger partial charge is 0.271 e. The van der Waals surface area contributed by atoms with Gasteiger partial charge in [0.05, 0.1) is 33.6 Å². The Balaban J connectivity index is 1.72. The molecule has 30 heavy (non-hydrogen) atoms. The minimum atomic E-state index is -0.376. The number of carbonyl (C=O) groups is 1. The number of methoxy groups -OCH3 is 3. The molecule has 1 atom stereocenters. The largest absolute Gasteiger partial charge is 0.493 e. The van der Waals surface area contributed by atoms with Crippen LogP contribution in [0.5, 0.6) is 17.2 Å². The van der Waals surface area contributed by atoms with E-state index in [0.29, 0.717) is 22.8 Å². The lowest BCUT2D eigenvalue weighted by atomic mass is 10.1. The van der Waals surface area contributed by atoms with E-state index in [1.165, 1.54) is 21.3 Å².